The summed E-state index contributed by atoms with van der Waals surface area (Å²) in [5.41, 5.74) is 0. The van der Waals surface area contributed by atoms with Crippen molar-refractivity contribution in [2.24, 2.45) is 0 Å². The van der Waals surface area contributed by atoms with Gasteiger partial charge in [0.15, 0.2) is 0 Å². The topological polar surface area (TPSA) is 74.3 Å². The van der Waals surface area contributed by atoms with E-state index in [9.17, 15) is 0 Å². The Hall–Kier alpha value is 2.62. The van der Waals surface area contributed by atoms with E-state index in [4.69, 9.17) is 35.9 Å². The Bertz CT molecular complexity index is 151. The minimum atomic E-state index is -5.62. The van der Waals surface area contributed by atoms with Gasteiger partial charge in [-0.2, -0.15) is 0 Å². The van der Waals surface area contributed by atoms with Crippen molar-refractivity contribution in [2.75, 3.05) is 0 Å². The second kappa shape index (κ2) is 10.6. The van der Waals surface area contributed by atoms with E-state index < -0.39 is 13.0 Å². The van der Waals surface area contributed by atoms with Crippen LogP contribution in [0.1, 0.15) is 0 Å². The quantitative estimate of drug-likeness (QED) is 0.440. The van der Waals surface area contributed by atoms with Crippen molar-refractivity contribution < 1.29 is 93.2 Å². The zero-order valence-corrected chi connectivity index (χ0v) is 11.0. The van der Waals surface area contributed by atoms with Crippen LogP contribution in [0.5, 0.6) is 0 Å². The second-order valence-electron chi connectivity index (χ2n) is 0.428. The van der Waals surface area contributed by atoms with Crippen LogP contribution in [-0.2, 0) is 37.6 Å². The molecular weight excluding hydrogens is 285 g/mol. The van der Waals surface area contributed by atoms with Gasteiger partial charge in [-0.3, -0.25) is 0 Å². The molecule has 0 aromatic rings. The van der Waals surface area contributed by atoms with E-state index in [1.807, 2.05) is 0 Å². The third-order valence-electron chi connectivity index (χ3n) is 0. The third kappa shape index (κ3) is 115. The third-order valence-corrected chi connectivity index (χ3v) is 0. The summed E-state index contributed by atoms with van der Waals surface area (Å²) in [4.78, 5) is 0. The standard InChI is InChI=1S/2ClH.Fe.K.Mn.4O/h2*1H;;;;;;;/q;;+2;+1;;;;;-1/p-2. The Morgan fingerprint density at radius 3 is 1.22 bits per heavy atom. The van der Waals surface area contributed by atoms with Crippen molar-refractivity contribution in [3.05, 3.63) is 0 Å². The molecule has 9 heteroatoms. The fourth-order valence-corrected chi connectivity index (χ4v) is 0. The molecule has 0 saturated carbocycles. The molecular formula is Cl2FeKMnO4. The van der Waals surface area contributed by atoms with Gasteiger partial charge in [0.1, 0.15) is 0 Å². The maximum atomic E-state index is 8.58. The van der Waals surface area contributed by atoms with Crippen LogP contribution < -0.4 is 55.6 Å². The zero-order chi connectivity index (χ0) is 7.21. The van der Waals surface area contributed by atoms with E-state index >= 15 is 0 Å². The fourth-order valence-electron chi connectivity index (χ4n) is 0. The van der Waals surface area contributed by atoms with E-state index in [-0.39, 0.29) is 64.5 Å². The molecule has 0 spiro atoms. The summed E-state index contributed by atoms with van der Waals surface area (Å²) in [6.07, 6.45) is 0. The molecule has 0 radical (unpaired) electrons. The Balaban J connectivity index is -0.0000000800. The summed E-state index contributed by atoms with van der Waals surface area (Å²) in [5.74, 6) is 0. The van der Waals surface area contributed by atoms with E-state index in [2.05, 4.69) is 0 Å². The molecule has 0 N–H and O–H groups in total. The van der Waals surface area contributed by atoms with Crippen LogP contribution in [0.25, 0.3) is 0 Å². The van der Waals surface area contributed by atoms with Gasteiger partial charge in [0.05, 0.1) is 0 Å². The second-order valence-corrected chi connectivity index (χ2v) is 3.43. The van der Waals surface area contributed by atoms with E-state index in [0.717, 1.165) is 0 Å². The number of halogens is 2. The van der Waals surface area contributed by atoms with Crippen LogP contribution in [0, 0.1) is 0 Å². The molecule has 0 fully saturated rings. The summed E-state index contributed by atoms with van der Waals surface area (Å²) in [5, 5.41) is 0. The molecule has 0 bridgehead atoms. The van der Waals surface area contributed by atoms with Gasteiger partial charge in [0.2, 0.25) is 0 Å². The van der Waals surface area contributed by atoms with Crippen molar-refractivity contribution >= 4 is 20.2 Å². The van der Waals surface area contributed by atoms with Gasteiger partial charge in [-0.05, 0) is 0 Å². The van der Waals surface area contributed by atoms with Gasteiger partial charge >= 0.3 is 113 Å². The molecule has 0 amide bonds. The molecule has 0 atom stereocenters. The minimum absolute atomic E-state index is 0. The summed E-state index contributed by atoms with van der Waals surface area (Å²) in [7, 11) is 9.53. The first kappa shape index (κ1) is 17.6. The molecule has 0 aliphatic heterocycles. The van der Waals surface area contributed by atoms with Crippen molar-refractivity contribution in [2.45, 2.75) is 0 Å². The summed E-state index contributed by atoms with van der Waals surface area (Å²) >= 11 is -5.43. The van der Waals surface area contributed by atoms with Crippen molar-refractivity contribution in [3.63, 3.8) is 0 Å². The van der Waals surface area contributed by atoms with Crippen molar-refractivity contribution in [3.8, 4) is 0 Å². The van der Waals surface area contributed by atoms with E-state index in [0.29, 0.717) is 0 Å². The predicted octanol–water partition coefficient (Wildman–Crippen LogP) is -3.17. The van der Waals surface area contributed by atoms with Gasteiger partial charge in [0, 0.05) is 0 Å². The molecule has 0 unspecified atom stereocenters. The van der Waals surface area contributed by atoms with Crippen LogP contribution in [-0.4, -0.2) is 0 Å². The molecule has 0 rings (SSSR count). The number of rotatable bonds is 0. The van der Waals surface area contributed by atoms with Crippen LogP contribution in [0.4, 0.5) is 0 Å². The SMILES string of the molecule is [Cl][Fe][Cl].[K+].[O]=[Mn](=[O])(=[O])[O-]. The first-order chi connectivity index (χ1) is 3.41. The first-order valence-electron chi connectivity index (χ1n) is 0.884. The van der Waals surface area contributed by atoms with E-state index in [1.54, 1.807) is 0 Å². The Morgan fingerprint density at radius 1 is 1.22 bits per heavy atom. The van der Waals surface area contributed by atoms with Gasteiger partial charge in [-0.25, -0.2) is 0 Å². The van der Waals surface area contributed by atoms with E-state index in [1.165, 1.54) is 0 Å². The Kier molecular flexibility index (Phi) is 20.8. The van der Waals surface area contributed by atoms with Gasteiger partial charge in [0.25, 0.3) is 0 Å². The average Bonchev–Trinajstić information content (AvgIpc) is 1.27. The van der Waals surface area contributed by atoms with Crippen LogP contribution in [0.2, 0.25) is 0 Å². The van der Waals surface area contributed by atoms with Crippen molar-refractivity contribution in [1.82, 2.24) is 0 Å². The monoisotopic (exact) mass is 284 g/mol. The first-order valence-corrected chi connectivity index (χ1v) is 5.85. The maximum absolute atomic E-state index is 8.58. The van der Waals surface area contributed by atoms with Gasteiger partial charge in [-0.1, -0.05) is 0 Å². The predicted molar refractivity (Wildman–Crippen MR) is 13.8 cm³/mol. The van der Waals surface area contributed by atoms with Gasteiger partial charge < -0.3 is 0 Å². The van der Waals surface area contributed by atoms with Crippen LogP contribution in [0.15, 0.2) is 0 Å². The number of hydrogen-bond donors (Lipinski definition) is 0. The molecule has 0 aromatic heterocycles. The van der Waals surface area contributed by atoms with Crippen LogP contribution in [0.3, 0.4) is 0 Å². The summed E-state index contributed by atoms with van der Waals surface area (Å²) in [6, 6.07) is 0. The molecule has 4 nitrogen and oxygen atoms in total. The van der Waals surface area contributed by atoms with Crippen LogP contribution >= 0.6 is 20.2 Å². The molecule has 54 valence electrons. The molecule has 0 aromatic carbocycles. The summed E-state index contributed by atoms with van der Waals surface area (Å²) < 4.78 is 34.3. The summed E-state index contributed by atoms with van der Waals surface area (Å²) in [6.45, 7) is 0. The molecule has 0 heterocycles. The zero-order valence-electron chi connectivity index (χ0n) is 4.12. The Morgan fingerprint density at radius 2 is 1.22 bits per heavy atom. The number of hydrogen-bond acceptors (Lipinski definition) is 4. The molecule has 0 aliphatic carbocycles. The van der Waals surface area contributed by atoms with Gasteiger partial charge in [-0.15, -0.1) is 0 Å². The molecule has 0 saturated heterocycles. The normalized spacial score (nSPS) is 8.78. The average molecular weight is 285 g/mol. The Labute approximate surface area is 111 Å². The molecule has 0 aliphatic rings. The molecule has 9 heavy (non-hydrogen) atoms. The fraction of sp³-hybridized carbons (Fsp3) is 0. The van der Waals surface area contributed by atoms with Crippen molar-refractivity contribution in [1.29, 1.82) is 0 Å².